The molecule has 0 aliphatic carbocycles. The lowest BCUT2D eigenvalue weighted by atomic mass is 10.3. The number of anilines is 1. The first-order valence-corrected chi connectivity index (χ1v) is 6.26. The SMILES string of the molecule is CC(=O)Nc1ccc(S(=O)(=O)C(C)N)cc1. The van der Waals surface area contributed by atoms with Gasteiger partial charge in [-0.05, 0) is 31.2 Å². The number of benzene rings is 1. The number of hydrogen-bond donors (Lipinski definition) is 2. The van der Waals surface area contributed by atoms with Gasteiger partial charge in [0.1, 0.15) is 5.37 Å². The summed E-state index contributed by atoms with van der Waals surface area (Å²) in [5.74, 6) is -0.206. The lowest BCUT2D eigenvalue weighted by Gasteiger charge is -2.08. The Bertz CT molecular complexity index is 477. The molecule has 3 N–H and O–H groups in total. The van der Waals surface area contributed by atoms with Crippen LogP contribution in [-0.2, 0) is 14.6 Å². The summed E-state index contributed by atoms with van der Waals surface area (Å²) >= 11 is 0. The van der Waals surface area contributed by atoms with E-state index >= 15 is 0 Å². The minimum absolute atomic E-state index is 0.150. The van der Waals surface area contributed by atoms with Crippen molar-refractivity contribution in [3.63, 3.8) is 0 Å². The average molecular weight is 242 g/mol. The zero-order chi connectivity index (χ0) is 12.3. The Morgan fingerprint density at radius 2 is 1.81 bits per heavy atom. The lowest BCUT2D eigenvalue weighted by molar-refractivity contribution is -0.114. The number of hydrogen-bond acceptors (Lipinski definition) is 4. The van der Waals surface area contributed by atoms with Crippen molar-refractivity contribution < 1.29 is 13.2 Å². The maximum absolute atomic E-state index is 11.7. The van der Waals surface area contributed by atoms with E-state index in [1.807, 2.05) is 0 Å². The molecule has 1 amide bonds. The summed E-state index contributed by atoms with van der Waals surface area (Å²) in [4.78, 5) is 10.9. The molecule has 1 rings (SSSR count). The highest BCUT2D eigenvalue weighted by Crippen LogP contribution is 2.16. The molecule has 0 saturated carbocycles. The Labute approximate surface area is 94.6 Å². The van der Waals surface area contributed by atoms with E-state index in [9.17, 15) is 13.2 Å². The van der Waals surface area contributed by atoms with E-state index < -0.39 is 15.2 Å². The smallest absolute Gasteiger partial charge is 0.221 e. The van der Waals surface area contributed by atoms with Crippen LogP contribution in [0.15, 0.2) is 29.2 Å². The summed E-state index contributed by atoms with van der Waals surface area (Å²) < 4.78 is 23.3. The van der Waals surface area contributed by atoms with Crippen molar-refractivity contribution in [3.8, 4) is 0 Å². The molecular weight excluding hydrogens is 228 g/mol. The van der Waals surface area contributed by atoms with Gasteiger partial charge in [0, 0.05) is 12.6 Å². The van der Waals surface area contributed by atoms with Gasteiger partial charge in [0.25, 0.3) is 0 Å². The van der Waals surface area contributed by atoms with Crippen LogP contribution in [0.25, 0.3) is 0 Å². The molecule has 5 nitrogen and oxygen atoms in total. The largest absolute Gasteiger partial charge is 0.326 e. The van der Waals surface area contributed by atoms with Gasteiger partial charge in [0.2, 0.25) is 5.91 Å². The van der Waals surface area contributed by atoms with Crippen LogP contribution in [0.5, 0.6) is 0 Å². The monoisotopic (exact) mass is 242 g/mol. The molecule has 0 aliphatic heterocycles. The predicted octanol–water partition coefficient (Wildman–Crippen LogP) is 0.723. The Morgan fingerprint density at radius 1 is 1.31 bits per heavy atom. The minimum atomic E-state index is -3.46. The van der Waals surface area contributed by atoms with Gasteiger partial charge in [-0.2, -0.15) is 0 Å². The fraction of sp³-hybridized carbons (Fsp3) is 0.300. The van der Waals surface area contributed by atoms with Gasteiger partial charge in [0.15, 0.2) is 9.84 Å². The van der Waals surface area contributed by atoms with Gasteiger partial charge in [-0.15, -0.1) is 0 Å². The maximum atomic E-state index is 11.7. The van der Waals surface area contributed by atoms with Gasteiger partial charge >= 0.3 is 0 Å². The maximum Gasteiger partial charge on any atom is 0.221 e. The van der Waals surface area contributed by atoms with Crippen LogP contribution in [0.1, 0.15) is 13.8 Å². The quantitative estimate of drug-likeness (QED) is 0.817. The zero-order valence-corrected chi connectivity index (χ0v) is 9.91. The Kier molecular flexibility index (Phi) is 3.66. The second-order valence-corrected chi connectivity index (χ2v) is 5.76. The third kappa shape index (κ3) is 2.80. The van der Waals surface area contributed by atoms with Crippen LogP contribution in [-0.4, -0.2) is 19.7 Å². The first-order chi connectivity index (χ1) is 7.34. The molecule has 1 aromatic rings. The van der Waals surface area contributed by atoms with E-state index in [-0.39, 0.29) is 10.8 Å². The number of amides is 1. The standard InChI is InChI=1S/C10H14N2O3S/c1-7(11)16(14,15)10-5-3-9(4-6-10)12-8(2)13/h3-7H,11H2,1-2H3,(H,12,13). The third-order valence-corrected chi connectivity index (χ3v) is 3.90. The lowest BCUT2D eigenvalue weighted by Crippen LogP contribution is -2.26. The summed E-state index contributed by atoms with van der Waals surface area (Å²) in [5.41, 5.74) is 5.92. The van der Waals surface area contributed by atoms with Crippen LogP contribution in [0, 0.1) is 0 Å². The van der Waals surface area contributed by atoms with Gasteiger partial charge < -0.3 is 11.1 Å². The molecule has 0 aliphatic rings. The van der Waals surface area contributed by atoms with Crippen molar-refractivity contribution in [2.45, 2.75) is 24.1 Å². The highest BCUT2D eigenvalue weighted by molar-refractivity contribution is 7.92. The van der Waals surface area contributed by atoms with Gasteiger partial charge in [-0.25, -0.2) is 8.42 Å². The van der Waals surface area contributed by atoms with Crippen LogP contribution in [0.2, 0.25) is 0 Å². The minimum Gasteiger partial charge on any atom is -0.326 e. The second-order valence-electron chi connectivity index (χ2n) is 3.46. The molecule has 0 spiro atoms. The van der Waals surface area contributed by atoms with Crippen molar-refractivity contribution in [3.05, 3.63) is 24.3 Å². The highest BCUT2D eigenvalue weighted by atomic mass is 32.2. The number of sulfone groups is 1. The Morgan fingerprint density at radius 3 is 2.19 bits per heavy atom. The molecule has 1 atom stereocenters. The summed E-state index contributed by atoms with van der Waals surface area (Å²) in [6.45, 7) is 2.80. The summed E-state index contributed by atoms with van der Waals surface area (Å²) in [6.07, 6.45) is 0. The molecule has 0 aromatic heterocycles. The van der Waals surface area contributed by atoms with E-state index in [2.05, 4.69) is 5.32 Å². The summed E-state index contributed by atoms with van der Waals surface area (Å²) in [6, 6.07) is 5.89. The first-order valence-electron chi connectivity index (χ1n) is 4.71. The number of carbonyl (C=O) groups is 1. The number of nitrogens with one attached hydrogen (secondary N) is 1. The van der Waals surface area contributed by atoms with Crippen molar-refractivity contribution in [2.75, 3.05) is 5.32 Å². The number of rotatable bonds is 3. The van der Waals surface area contributed by atoms with Gasteiger partial charge in [-0.3, -0.25) is 4.79 Å². The fourth-order valence-corrected chi connectivity index (χ4v) is 2.09. The molecule has 1 unspecified atom stereocenters. The Hall–Kier alpha value is -1.40. The molecule has 0 bridgehead atoms. The van der Waals surface area contributed by atoms with Crippen LogP contribution in [0.3, 0.4) is 0 Å². The summed E-state index contributed by atoms with van der Waals surface area (Å²) in [5, 5.41) is 1.60. The van der Waals surface area contributed by atoms with Crippen molar-refractivity contribution >= 4 is 21.4 Å². The third-order valence-electron chi connectivity index (χ3n) is 1.99. The van der Waals surface area contributed by atoms with Crippen molar-refractivity contribution in [2.24, 2.45) is 5.73 Å². The van der Waals surface area contributed by atoms with E-state index in [1.165, 1.54) is 38.1 Å². The normalized spacial score (nSPS) is 13.2. The van der Waals surface area contributed by atoms with Crippen LogP contribution in [0.4, 0.5) is 5.69 Å². The van der Waals surface area contributed by atoms with E-state index in [0.717, 1.165) is 0 Å². The predicted molar refractivity (Wildman–Crippen MR) is 61.6 cm³/mol. The molecule has 1 aromatic carbocycles. The molecule has 0 radical (unpaired) electrons. The topological polar surface area (TPSA) is 89.3 Å². The van der Waals surface area contributed by atoms with E-state index in [4.69, 9.17) is 5.73 Å². The molecule has 0 heterocycles. The van der Waals surface area contributed by atoms with Crippen molar-refractivity contribution in [1.82, 2.24) is 0 Å². The Balaban J connectivity index is 3.00. The van der Waals surface area contributed by atoms with E-state index in [0.29, 0.717) is 5.69 Å². The molecule has 6 heteroatoms. The average Bonchev–Trinajstić information content (AvgIpc) is 2.17. The highest BCUT2D eigenvalue weighted by Gasteiger charge is 2.19. The molecular formula is C10H14N2O3S. The van der Waals surface area contributed by atoms with Crippen LogP contribution < -0.4 is 11.1 Å². The number of carbonyl (C=O) groups excluding carboxylic acids is 1. The zero-order valence-electron chi connectivity index (χ0n) is 9.10. The van der Waals surface area contributed by atoms with E-state index in [1.54, 1.807) is 0 Å². The second kappa shape index (κ2) is 4.63. The summed E-state index contributed by atoms with van der Waals surface area (Å²) in [7, 11) is -3.46. The molecule has 0 fully saturated rings. The van der Waals surface area contributed by atoms with Crippen LogP contribution >= 0.6 is 0 Å². The fourth-order valence-electron chi connectivity index (χ4n) is 1.15. The molecule has 88 valence electrons. The molecule has 16 heavy (non-hydrogen) atoms. The van der Waals surface area contributed by atoms with Crippen molar-refractivity contribution in [1.29, 1.82) is 0 Å². The van der Waals surface area contributed by atoms with Gasteiger partial charge in [-0.1, -0.05) is 0 Å². The van der Waals surface area contributed by atoms with Gasteiger partial charge in [0.05, 0.1) is 4.90 Å². The molecule has 0 saturated heterocycles. The first kappa shape index (κ1) is 12.7. The number of nitrogens with two attached hydrogens (primary N) is 1.